The van der Waals surface area contributed by atoms with Gasteiger partial charge in [0.05, 0.1) is 12.0 Å². The van der Waals surface area contributed by atoms with Gasteiger partial charge in [0.25, 0.3) is 0 Å². The minimum absolute atomic E-state index is 0.0778. The molecule has 2 aliphatic heterocycles. The number of halogens is 3. The molecule has 1 aromatic carbocycles. The fourth-order valence-corrected chi connectivity index (χ4v) is 4.06. The molecule has 0 spiro atoms. The van der Waals surface area contributed by atoms with Crippen LogP contribution in [0.4, 0.5) is 24.8 Å². The molecule has 9 heteroatoms. The first kappa shape index (κ1) is 21.4. The van der Waals surface area contributed by atoms with Crippen molar-refractivity contribution in [2.75, 3.05) is 49.1 Å². The molecule has 2 fully saturated rings. The second-order valence-electron chi connectivity index (χ2n) is 8.04. The number of piperazine rings is 1. The van der Waals surface area contributed by atoms with E-state index < -0.39 is 11.7 Å². The minimum atomic E-state index is -4.37. The number of anilines is 2. The van der Waals surface area contributed by atoms with Crippen LogP contribution in [0.25, 0.3) is 0 Å². The molecular weight excluding hydrogens is 407 g/mol. The van der Waals surface area contributed by atoms with E-state index in [0.29, 0.717) is 31.7 Å². The summed E-state index contributed by atoms with van der Waals surface area (Å²) in [5.74, 6) is 1.63. The summed E-state index contributed by atoms with van der Waals surface area (Å²) in [5, 5.41) is 8.77. The quantitative estimate of drug-likeness (QED) is 0.740. The number of alkyl halides is 3. The number of carbonyl (C=O) groups excluding carboxylic acids is 1. The number of amides is 1. The van der Waals surface area contributed by atoms with Gasteiger partial charge in [0, 0.05) is 39.3 Å². The summed E-state index contributed by atoms with van der Waals surface area (Å²) in [4.78, 5) is 18.7. The van der Waals surface area contributed by atoms with E-state index in [4.69, 9.17) is 0 Å². The van der Waals surface area contributed by atoms with Crippen LogP contribution in [-0.4, -0.2) is 60.3 Å². The molecule has 1 aromatic heterocycles. The van der Waals surface area contributed by atoms with Crippen molar-refractivity contribution >= 4 is 17.5 Å². The van der Waals surface area contributed by atoms with Crippen LogP contribution in [0, 0.1) is 0 Å². The van der Waals surface area contributed by atoms with Crippen LogP contribution < -0.4 is 9.80 Å². The second-order valence-corrected chi connectivity index (χ2v) is 8.04. The lowest BCUT2D eigenvalue weighted by molar-refractivity contribution is -0.137. The first-order valence-corrected chi connectivity index (χ1v) is 10.7. The fourth-order valence-electron chi connectivity index (χ4n) is 4.06. The molecule has 0 N–H and O–H groups in total. The van der Waals surface area contributed by atoms with Crippen LogP contribution in [0.1, 0.15) is 30.4 Å². The van der Waals surface area contributed by atoms with Crippen molar-refractivity contribution in [1.29, 1.82) is 0 Å². The molecule has 166 valence electrons. The maximum atomic E-state index is 12.7. The van der Waals surface area contributed by atoms with E-state index in [1.165, 1.54) is 31.4 Å². The minimum Gasteiger partial charge on any atom is -0.355 e. The summed E-state index contributed by atoms with van der Waals surface area (Å²) in [6, 6.07) is 8.78. The van der Waals surface area contributed by atoms with E-state index in [2.05, 4.69) is 20.0 Å². The number of carbonyl (C=O) groups is 1. The molecule has 6 nitrogen and oxygen atoms in total. The standard InChI is InChI=1S/C22H26F3N5O/c23-22(24,25)18-6-4-17(5-7-18)16-21(31)30-14-12-29(13-15-30)20-9-8-19(26-27-20)28-10-2-1-3-11-28/h4-9H,1-3,10-16H2. The third-order valence-corrected chi connectivity index (χ3v) is 5.91. The average molecular weight is 433 g/mol. The van der Waals surface area contributed by atoms with Crippen LogP contribution in [0.3, 0.4) is 0 Å². The Morgan fingerprint density at radius 2 is 1.32 bits per heavy atom. The van der Waals surface area contributed by atoms with Gasteiger partial charge >= 0.3 is 6.18 Å². The monoisotopic (exact) mass is 433 g/mol. The number of nitrogens with zero attached hydrogens (tertiary/aromatic N) is 5. The molecule has 2 saturated heterocycles. The van der Waals surface area contributed by atoms with Gasteiger partial charge in [-0.15, -0.1) is 10.2 Å². The third kappa shape index (κ3) is 5.26. The Morgan fingerprint density at radius 1 is 0.774 bits per heavy atom. The number of piperidine rings is 1. The van der Waals surface area contributed by atoms with Crippen molar-refractivity contribution in [2.24, 2.45) is 0 Å². The summed E-state index contributed by atoms with van der Waals surface area (Å²) in [5.41, 5.74) is -0.121. The van der Waals surface area contributed by atoms with Crippen LogP contribution >= 0.6 is 0 Å². The lowest BCUT2D eigenvalue weighted by Crippen LogP contribution is -2.49. The molecule has 2 aromatic rings. The zero-order valence-corrected chi connectivity index (χ0v) is 17.3. The Morgan fingerprint density at radius 3 is 1.84 bits per heavy atom. The molecule has 0 aliphatic carbocycles. The molecule has 0 unspecified atom stereocenters. The molecule has 31 heavy (non-hydrogen) atoms. The first-order valence-electron chi connectivity index (χ1n) is 10.7. The van der Waals surface area contributed by atoms with E-state index in [9.17, 15) is 18.0 Å². The van der Waals surface area contributed by atoms with E-state index in [0.717, 1.165) is 36.9 Å². The summed E-state index contributed by atoms with van der Waals surface area (Å²) >= 11 is 0. The van der Waals surface area contributed by atoms with E-state index in [1.807, 2.05) is 12.1 Å². The van der Waals surface area contributed by atoms with Gasteiger partial charge < -0.3 is 14.7 Å². The normalized spacial score (nSPS) is 17.7. The van der Waals surface area contributed by atoms with Crippen LogP contribution in [-0.2, 0) is 17.4 Å². The average Bonchev–Trinajstić information content (AvgIpc) is 2.80. The fraction of sp³-hybridized carbons (Fsp3) is 0.500. The molecular formula is C22H26F3N5O. The van der Waals surface area contributed by atoms with Crippen molar-refractivity contribution in [1.82, 2.24) is 15.1 Å². The third-order valence-electron chi connectivity index (χ3n) is 5.91. The predicted molar refractivity (Wildman–Crippen MR) is 112 cm³/mol. The second kappa shape index (κ2) is 9.11. The molecule has 1 amide bonds. The lowest BCUT2D eigenvalue weighted by atomic mass is 10.1. The van der Waals surface area contributed by atoms with E-state index in [1.54, 1.807) is 4.90 Å². The molecule has 0 atom stereocenters. The number of benzene rings is 1. The van der Waals surface area contributed by atoms with Gasteiger partial charge in [0.1, 0.15) is 0 Å². The Kier molecular flexibility index (Phi) is 6.29. The topological polar surface area (TPSA) is 52.6 Å². The van der Waals surface area contributed by atoms with E-state index in [-0.39, 0.29) is 12.3 Å². The van der Waals surface area contributed by atoms with Crippen LogP contribution in [0.2, 0.25) is 0 Å². The van der Waals surface area contributed by atoms with Crippen molar-refractivity contribution in [3.63, 3.8) is 0 Å². The predicted octanol–water partition coefficient (Wildman–Crippen LogP) is 3.38. The number of rotatable bonds is 4. The number of hydrogen-bond acceptors (Lipinski definition) is 5. The van der Waals surface area contributed by atoms with Gasteiger partial charge in [-0.1, -0.05) is 12.1 Å². The molecule has 0 bridgehead atoms. The van der Waals surface area contributed by atoms with Crippen molar-refractivity contribution in [3.05, 3.63) is 47.5 Å². The Bertz CT molecular complexity index is 872. The Hall–Kier alpha value is -2.84. The van der Waals surface area contributed by atoms with Gasteiger partial charge in [0.2, 0.25) is 5.91 Å². The molecule has 0 radical (unpaired) electrons. The van der Waals surface area contributed by atoms with Gasteiger partial charge in [-0.05, 0) is 49.1 Å². The van der Waals surface area contributed by atoms with Crippen molar-refractivity contribution < 1.29 is 18.0 Å². The molecule has 4 rings (SSSR count). The zero-order chi connectivity index (χ0) is 21.8. The molecule has 0 saturated carbocycles. The van der Waals surface area contributed by atoms with Gasteiger partial charge in [-0.2, -0.15) is 13.2 Å². The number of hydrogen-bond donors (Lipinski definition) is 0. The highest BCUT2D eigenvalue weighted by Crippen LogP contribution is 2.29. The van der Waals surface area contributed by atoms with Gasteiger partial charge in [-0.3, -0.25) is 4.79 Å². The zero-order valence-electron chi connectivity index (χ0n) is 17.3. The highest BCUT2D eigenvalue weighted by atomic mass is 19.4. The van der Waals surface area contributed by atoms with Crippen LogP contribution in [0.15, 0.2) is 36.4 Å². The van der Waals surface area contributed by atoms with E-state index >= 15 is 0 Å². The summed E-state index contributed by atoms with van der Waals surface area (Å²) in [6.45, 7) is 4.44. The summed E-state index contributed by atoms with van der Waals surface area (Å²) in [6.07, 6.45) is -0.627. The maximum absolute atomic E-state index is 12.7. The maximum Gasteiger partial charge on any atom is 0.416 e. The largest absolute Gasteiger partial charge is 0.416 e. The SMILES string of the molecule is O=C(Cc1ccc(C(F)(F)F)cc1)N1CCN(c2ccc(N3CCCCC3)nn2)CC1. The lowest BCUT2D eigenvalue weighted by Gasteiger charge is -2.35. The smallest absolute Gasteiger partial charge is 0.355 e. The van der Waals surface area contributed by atoms with Gasteiger partial charge in [-0.25, -0.2) is 0 Å². The summed E-state index contributed by atoms with van der Waals surface area (Å²) in [7, 11) is 0. The van der Waals surface area contributed by atoms with Crippen LogP contribution in [0.5, 0.6) is 0 Å². The Labute approximate surface area is 179 Å². The molecule has 2 aliphatic rings. The number of aromatic nitrogens is 2. The Balaban J connectivity index is 1.28. The van der Waals surface area contributed by atoms with Gasteiger partial charge in [0.15, 0.2) is 11.6 Å². The van der Waals surface area contributed by atoms with Crippen molar-refractivity contribution in [3.8, 4) is 0 Å². The summed E-state index contributed by atoms with van der Waals surface area (Å²) < 4.78 is 38.0. The van der Waals surface area contributed by atoms with Crippen molar-refractivity contribution in [2.45, 2.75) is 31.9 Å². The first-order chi connectivity index (χ1) is 14.9. The highest BCUT2D eigenvalue weighted by Gasteiger charge is 2.30. The highest BCUT2D eigenvalue weighted by molar-refractivity contribution is 5.79. The molecule has 3 heterocycles.